The first-order chi connectivity index (χ1) is 10.6. The Morgan fingerprint density at radius 3 is 2.55 bits per heavy atom. The van der Waals surface area contributed by atoms with Gasteiger partial charge >= 0.3 is 0 Å². The Hall–Kier alpha value is -2.60. The van der Waals surface area contributed by atoms with Crippen molar-refractivity contribution in [2.24, 2.45) is 0 Å². The molecular weight excluding hydrogens is 310 g/mol. The first kappa shape index (κ1) is 14.3. The molecule has 0 spiro atoms. The third-order valence-electron chi connectivity index (χ3n) is 3.04. The summed E-state index contributed by atoms with van der Waals surface area (Å²) in [5.41, 5.74) is 7.00. The van der Waals surface area contributed by atoms with Crippen molar-refractivity contribution < 1.29 is 8.78 Å². The second-order valence-electron chi connectivity index (χ2n) is 4.50. The Kier molecular flexibility index (Phi) is 3.68. The lowest BCUT2D eigenvalue weighted by Gasteiger charge is -2.12. The van der Waals surface area contributed by atoms with Gasteiger partial charge in [-0.3, -0.25) is 9.97 Å². The summed E-state index contributed by atoms with van der Waals surface area (Å²) in [6.45, 7) is 0. The number of rotatable bonds is 2. The summed E-state index contributed by atoms with van der Waals surface area (Å²) in [4.78, 5) is 11.6. The highest BCUT2D eigenvalue weighted by molar-refractivity contribution is 6.33. The monoisotopic (exact) mass is 318 g/mol. The molecule has 0 aliphatic rings. The van der Waals surface area contributed by atoms with Gasteiger partial charge in [0.25, 0.3) is 0 Å². The summed E-state index contributed by atoms with van der Waals surface area (Å²) >= 11 is 5.99. The lowest BCUT2D eigenvalue weighted by Crippen LogP contribution is -1.99. The second-order valence-corrected chi connectivity index (χ2v) is 4.91. The summed E-state index contributed by atoms with van der Waals surface area (Å²) < 4.78 is 27.4. The number of anilines is 1. The van der Waals surface area contributed by atoms with Gasteiger partial charge < -0.3 is 5.73 Å². The van der Waals surface area contributed by atoms with Crippen LogP contribution in [0.2, 0.25) is 5.02 Å². The van der Waals surface area contributed by atoms with E-state index in [1.807, 2.05) is 0 Å². The molecule has 22 heavy (non-hydrogen) atoms. The van der Waals surface area contributed by atoms with Gasteiger partial charge in [0.1, 0.15) is 17.5 Å². The smallest absolute Gasteiger partial charge is 0.149 e. The first-order valence-corrected chi connectivity index (χ1v) is 6.61. The zero-order valence-corrected chi connectivity index (χ0v) is 11.9. The van der Waals surface area contributed by atoms with Gasteiger partial charge in [0.05, 0.1) is 23.1 Å². The summed E-state index contributed by atoms with van der Waals surface area (Å²) in [6, 6.07) is 4.21. The molecule has 0 aliphatic carbocycles. The fourth-order valence-electron chi connectivity index (χ4n) is 2.06. The maximum Gasteiger partial charge on any atom is 0.149 e. The van der Waals surface area contributed by atoms with Crippen LogP contribution in [0, 0.1) is 11.6 Å². The molecule has 0 saturated carbocycles. The maximum absolute atomic E-state index is 14.0. The van der Waals surface area contributed by atoms with Crippen molar-refractivity contribution in [1.82, 2.24) is 15.0 Å². The molecule has 3 rings (SSSR count). The zero-order chi connectivity index (χ0) is 15.7. The van der Waals surface area contributed by atoms with Crippen LogP contribution >= 0.6 is 11.6 Å². The van der Waals surface area contributed by atoms with Gasteiger partial charge in [-0.25, -0.2) is 13.8 Å². The number of hydrogen-bond donors (Lipinski definition) is 1. The molecule has 0 aliphatic heterocycles. The quantitative estimate of drug-likeness (QED) is 0.782. The van der Waals surface area contributed by atoms with Gasteiger partial charge in [-0.05, 0) is 18.2 Å². The molecule has 0 fully saturated rings. The SMILES string of the molecule is Nc1nc(-c2cncc(F)c2)c(-c2ccncc2F)cc1Cl. The molecule has 4 nitrogen and oxygen atoms in total. The van der Waals surface area contributed by atoms with Gasteiger partial charge in [0, 0.05) is 29.1 Å². The molecule has 2 N–H and O–H groups in total. The van der Waals surface area contributed by atoms with E-state index in [2.05, 4.69) is 15.0 Å². The van der Waals surface area contributed by atoms with Crippen LogP contribution in [0.3, 0.4) is 0 Å². The topological polar surface area (TPSA) is 64.7 Å². The molecule has 0 bridgehead atoms. The van der Waals surface area contributed by atoms with Crippen LogP contribution in [0.1, 0.15) is 0 Å². The number of nitrogen functional groups attached to an aromatic ring is 1. The predicted octanol–water partition coefficient (Wildman–Crippen LogP) is 3.72. The van der Waals surface area contributed by atoms with E-state index in [-0.39, 0.29) is 16.4 Å². The molecular formula is C15H9ClF2N4. The van der Waals surface area contributed by atoms with Crippen LogP contribution in [0.5, 0.6) is 0 Å². The van der Waals surface area contributed by atoms with E-state index in [1.54, 1.807) is 0 Å². The minimum atomic E-state index is -0.546. The van der Waals surface area contributed by atoms with E-state index in [4.69, 9.17) is 17.3 Å². The normalized spacial score (nSPS) is 10.7. The molecule has 0 saturated heterocycles. The third-order valence-corrected chi connectivity index (χ3v) is 3.35. The lowest BCUT2D eigenvalue weighted by molar-refractivity contribution is 0.622. The van der Waals surface area contributed by atoms with E-state index in [9.17, 15) is 8.78 Å². The number of nitrogens with two attached hydrogens (primary N) is 1. The van der Waals surface area contributed by atoms with Crippen molar-refractivity contribution in [1.29, 1.82) is 0 Å². The average molecular weight is 319 g/mol. The predicted molar refractivity (Wildman–Crippen MR) is 80.0 cm³/mol. The van der Waals surface area contributed by atoms with Gasteiger partial charge in [-0.1, -0.05) is 11.6 Å². The summed E-state index contributed by atoms with van der Waals surface area (Å²) in [6.07, 6.45) is 5.00. The number of halogens is 3. The number of hydrogen-bond acceptors (Lipinski definition) is 4. The maximum atomic E-state index is 14.0. The Morgan fingerprint density at radius 1 is 1.00 bits per heavy atom. The van der Waals surface area contributed by atoms with Crippen LogP contribution in [0.15, 0.2) is 43.0 Å². The fourth-order valence-corrected chi connectivity index (χ4v) is 2.21. The second kappa shape index (κ2) is 5.65. The zero-order valence-electron chi connectivity index (χ0n) is 11.1. The minimum absolute atomic E-state index is 0.0687. The molecule has 0 atom stereocenters. The number of pyridine rings is 3. The Bertz CT molecular complexity index is 855. The molecule has 0 unspecified atom stereocenters. The Morgan fingerprint density at radius 2 is 1.82 bits per heavy atom. The van der Waals surface area contributed by atoms with Crippen molar-refractivity contribution in [3.05, 3.63) is 59.6 Å². The molecule has 0 aromatic carbocycles. The highest BCUT2D eigenvalue weighted by atomic mass is 35.5. The molecule has 110 valence electrons. The highest BCUT2D eigenvalue weighted by Crippen LogP contribution is 2.35. The molecule has 3 heterocycles. The largest absolute Gasteiger partial charge is 0.382 e. The van der Waals surface area contributed by atoms with Crippen molar-refractivity contribution in [2.75, 3.05) is 5.73 Å². The van der Waals surface area contributed by atoms with Crippen molar-refractivity contribution in [3.8, 4) is 22.4 Å². The van der Waals surface area contributed by atoms with E-state index >= 15 is 0 Å². The van der Waals surface area contributed by atoms with Crippen LogP contribution in [0.25, 0.3) is 22.4 Å². The van der Waals surface area contributed by atoms with E-state index in [0.717, 1.165) is 12.4 Å². The summed E-state index contributed by atoms with van der Waals surface area (Å²) in [7, 11) is 0. The van der Waals surface area contributed by atoms with Crippen LogP contribution in [-0.4, -0.2) is 15.0 Å². The molecule has 3 aromatic rings. The number of aromatic nitrogens is 3. The van der Waals surface area contributed by atoms with Gasteiger partial charge in [-0.2, -0.15) is 0 Å². The summed E-state index contributed by atoms with van der Waals surface area (Å²) in [5.74, 6) is -1.01. The Labute approximate surface area is 129 Å². The highest BCUT2D eigenvalue weighted by Gasteiger charge is 2.16. The van der Waals surface area contributed by atoms with Crippen LogP contribution in [0.4, 0.5) is 14.6 Å². The van der Waals surface area contributed by atoms with E-state index in [1.165, 1.54) is 30.6 Å². The van der Waals surface area contributed by atoms with Crippen molar-refractivity contribution in [2.45, 2.75) is 0 Å². The van der Waals surface area contributed by atoms with Gasteiger partial charge in [0.2, 0.25) is 0 Å². The fraction of sp³-hybridized carbons (Fsp3) is 0. The molecule has 7 heteroatoms. The average Bonchev–Trinajstić information content (AvgIpc) is 2.50. The van der Waals surface area contributed by atoms with Crippen LogP contribution < -0.4 is 5.73 Å². The van der Waals surface area contributed by atoms with Gasteiger partial charge in [-0.15, -0.1) is 0 Å². The lowest BCUT2D eigenvalue weighted by atomic mass is 10.0. The summed E-state index contributed by atoms with van der Waals surface area (Å²) in [5, 5.41) is 0.180. The number of nitrogens with zero attached hydrogens (tertiary/aromatic N) is 3. The first-order valence-electron chi connectivity index (χ1n) is 6.23. The van der Waals surface area contributed by atoms with E-state index in [0.29, 0.717) is 16.8 Å². The van der Waals surface area contributed by atoms with Crippen molar-refractivity contribution in [3.63, 3.8) is 0 Å². The van der Waals surface area contributed by atoms with Gasteiger partial charge in [0.15, 0.2) is 0 Å². The Balaban J connectivity index is 2.30. The van der Waals surface area contributed by atoms with Crippen molar-refractivity contribution >= 4 is 17.4 Å². The molecule has 0 amide bonds. The standard InChI is InChI=1S/C15H9ClF2N4/c16-12-4-11(10-1-2-20-7-13(10)18)14(22-15(12)19)8-3-9(17)6-21-5-8/h1-7H,(H2,19,22). The van der Waals surface area contributed by atoms with Crippen LogP contribution in [-0.2, 0) is 0 Å². The minimum Gasteiger partial charge on any atom is -0.382 e. The third kappa shape index (κ3) is 2.60. The molecule has 3 aromatic heterocycles. The van der Waals surface area contributed by atoms with E-state index < -0.39 is 11.6 Å². The molecule has 0 radical (unpaired) electrons.